The van der Waals surface area contributed by atoms with Gasteiger partial charge in [0.15, 0.2) is 0 Å². The number of amides is 2. The molecule has 2 aliphatic heterocycles. The molecule has 1 saturated carbocycles. The Kier molecular flexibility index (Phi) is 9.85. The van der Waals surface area contributed by atoms with Crippen LogP contribution in [-0.4, -0.2) is 61.0 Å². The normalized spacial score (nSPS) is 29.9. The van der Waals surface area contributed by atoms with Gasteiger partial charge in [-0.3, -0.25) is 9.59 Å². The lowest BCUT2D eigenvalue weighted by molar-refractivity contribution is -0.126. The van der Waals surface area contributed by atoms with Crippen LogP contribution in [0.2, 0.25) is 0 Å². The molecule has 0 bridgehead atoms. The summed E-state index contributed by atoms with van der Waals surface area (Å²) in [7, 11) is 1.66. The van der Waals surface area contributed by atoms with E-state index in [-0.39, 0.29) is 59.4 Å². The van der Waals surface area contributed by atoms with E-state index in [0.717, 1.165) is 18.4 Å². The number of anilines is 1. The van der Waals surface area contributed by atoms with Gasteiger partial charge in [0.2, 0.25) is 5.91 Å². The van der Waals surface area contributed by atoms with E-state index in [1.54, 1.807) is 19.2 Å². The molecule has 3 fully saturated rings. The Morgan fingerprint density at radius 3 is 2.40 bits per heavy atom. The van der Waals surface area contributed by atoms with Gasteiger partial charge in [0.05, 0.1) is 18.6 Å². The minimum Gasteiger partial charge on any atom is -0.443 e. The summed E-state index contributed by atoms with van der Waals surface area (Å²) >= 11 is 0. The van der Waals surface area contributed by atoms with Crippen molar-refractivity contribution in [1.82, 2.24) is 5.32 Å². The van der Waals surface area contributed by atoms with Crippen molar-refractivity contribution in [2.75, 3.05) is 19.0 Å². The number of Topliss-reactive ketones (excluding diaryl/α,β-unsaturated/α-hetero) is 1. The van der Waals surface area contributed by atoms with Gasteiger partial charge >= 0.3 is 6.09 Å². The summed E-state index contributed by atoms with van der Waals surface area (Å²) < 4.78 is 24.1. The molecule has 2 heterocycles. The average molecular weight is 585 g/mol. The molecular weight excluding hydrogens is 536 g/mol. The Hall–Kier alpha value is -2.75. The highest BCUT2D eigenvalue weighted by Gasteiger charge is 2.72. The van der Waals surface area contributed by atoms with E-state index >= 15 is 0 Å². The summed E-state index contributed by atoms with van der Waals surface area (Å²) in [6, 6.07) is 7.29. The van der Waals surface area contributed by atoms with E-state index in [1.807, 2.05) is 32.9 Å². The molecule has 3 aliphatic rings. The maximum Gasteiger partial charge on any atom is 0.407 e. The second-order valence-electron chi connectivity index (χ2n) is 13.4. The molecule has 0 unspecified atom stereocenters. The van der Waals surface area contributed by atoms with Gasteiger partial charge in [-0.05, 0) is 64.2 Å². The minimum atomic E-state index is -0.501. The van der Waals surface area contributed by atoms with E-state index in [2.05, 4.69) is 37.5 Å². The van der Waals surface area contributed by atoms with Crippen LogP contribution in [0.4, 0.5) is 10.5 Å². The Balaban J connectivity index is 1.24. The van der Waals surface area contributed by atoms with Gasteiger partial charge in [-0.25, -0.2) is 4.79 Å². The molecule has 1 aromatic rings. The zero-order chi connectivity index (χ0) is 30.7. The third-order valence-corrected chi connectivity index (χ3v) is 8.81. The number of methoxy groups -OCH3 is 1. The number of hydrogen-bond acceptors (Lipinski definition) is 7. The SMILES string of the molecule is CO[C@H]1[C@@H](OC(=O)NCc2ccc(NC(=O)CCCC(=O)C(C)(C)C)cc2)CC[C@@]2(CO2)[C@@H]1[C@]1(C)O[C@H]1CC=C(C)C. The summed E-state index contributed by atoms with van der Waals surface area (Å²) in [6.07, 6.45) is 4.55. The fourth-order valence-corrected chi connectivity index (χ4v) is 6.14. The molecule has 4 rings (SSSR count). The van der Waals surface area contributed by atoms with Crippen molar-refractivity contribution in [2.24, 2.45) is 11.3 Å². The highest BCUT2D eigenvalue weighted by molar-refractivity contribution is 5.91. The van der Waals surface area contributed by atoms with Crippen molar-refractivity contribution in [3.63, 3.8) is 0 Å². The fourth-order valence-electron chi connectivity index (χ4n) is 6.14. The van der Waals surface area contributed by atoms with E-state index in [1.165, 1.54) is 5.57 Å². The Bertz CT molecular complexity index is 1160. The van der Waals surface area contributed by atoms with Crippen LogP contribution in [-0.2, 0) is 35.1 Å². The molecule has 2 saturated heterocycles. The number of alkyl carbamates (subject to hydrolysis) is 1. The van der Waals surface area contributed by atoms with Gasteiger partial charge in [-0.2, -0.15) is 0 Å². The van der Waals surface area contributed by atoms with Gasteiger partial charge < -0.3 is 29.6 Å². The van der Waals surface area contributed by atoms with Crippen LogP contribution in [0.5, 0.6) is 0 Å². The molecule has 1 spiro atoms. The van der Waals surface area contributed by atoms with Crippen LogP contribution in [0.15, 0.2) is 35.9 Å². The van der Waals surface area contributed by atoms with Crippen molar-refractivity contribution >= 4 is 23.5 Å². The summed E-state index contributed by atoms with van der Waals surface area (Å²) in [5.74, 6) is -0.00172. The fraction of sp³-hybridized carbons (Fsp3) is 0.667. The Morgan fingerprint density at radius 2 is 1.81 bits per heavy atom. The van der Waals surface area contributed by atoms with Crippen LogP contribution >= 0.6 is 0 Å². The molecule has 0 aromatic heterocycles. The lowest BCUT2D eigenvalue weighted by atomic mass is 9.68. The first-order valence-corrected chi connectivity index (χ1v) is 15.1. The summed E-state index contributed by atoms with van der Waals surface area (Å²) in [6.45, 7) is 12.9. The standard InChI is InChI=1S/C33H48N2O7/c1-21(2)11-16-26-32(6,42-26)29-28(39-7)24(17-18-33(29)20-40-33)41-30(38)34-19-22-12-14-23(15-13-22)35-27(37)10-8-9-25(36)31(3,4)5/h11-15,24,26,28-29H,8-10,16-20H2,1-7H3,(H,34,38)(H,35,37)/t24-,26-,28-,29-,32+,33+/m0/s1. The van der Waals surface area contributed by atoms with Crippen LogP contribution in [0.1, 0.15) is 85.6 Å². The second-order valence-corrected chi connectivity index (χ2v) is 13.4. The first-order chi connectivity index (χ1) is 19.8. The number of epoxide rings is 2. The maximum absolute atomic E-state index is 12.8. The third kappa shape index (κ3) is 7.79. The molecule has 42 heavy (non-hydrogen) atoms. The van der Waals surface area contributed by atoms with Crippen molar-refractivity contribution < 1.29 is 33.3 Å². The molecule has 1 aromatic carbocycles. The number of carbonyl (C=O) groups is 3. The van der Waals surface area contributed by atoms with Gasteiger partial charge in [-0.1, -0.05) is 44.6 Å². The topological polar surface area (TPSA) is 119 Å². The minimum absolute atomic E-state index is 0.0288. The first-order valence-electron chi connectivity index (χ1n) is 15.1. The quantitative estimate of drug-likeness (QED) is 0.238. The number of allylic oxidation sites excluding steroid dienone is 1. The average Bonchev–Trinajstić information content (AvgIpc) is 3.84. The predicted molar refractivity (Wildman–Crippen MR) is 160 cm³/mol. The lowest BCUT2D eigenvalue weighted by Gasteiger charge is -2.42. The Morgan fingerprint density at radius 1 is 1.12 bits per heavy atom. The van der Waals surface area contributed by atoms with Gasteiger partial charge in [0.25, 0.3) is 0 Å². The number of hydrogen-bond donors (Lipinski definition) is 2. The van der Waals surface area contributed by atoms with E-state index < -0.39 is 12.2 Å². The van der Waals surface area contributed by atoms with Gasteiger partial charge in [-0.15, -0.1) is 0 Å². The van der Waals surface area contributed by atoms with Crippen LogP contribution in [0.3, 0.4) is 0 Å². The molecule has 232 valence electrons. The molecule has 2 N–H and O–H groups in total. The number of nitrogens with one attached hydrogen (secondary N) is 2. The Labute approximate surface area is 250 Å². The van der Waals surface area contributed by atoms with Crippen molar-refractivity contribution in [1.29, 1.82) is 0 Å². The first kappa shape index (κ1) is 32.2. The second kappa shape index (κ2) is 12.9. The molecule has 1 aliphatic carbocycles. The number of benzene rings is 1. The van der Waals surface area contributed by atoms with Crippen molar-refractivity contribution in [2.45, 2.75) is 116 Å². The molecule has 9 nitrogen and oxygen atoms in total. The zero-order valence-electron chi connectivity index (χ0n) is 26.2. The number of rotatable bonds is 12. The summed E-state index contributed by atoms with van der Waals surface area (Å²) in [5.41, 5.74) is 1.76. The highest BCUT2D eigenvalue weighted by Crippen LogP contribution is 2.59. The zero-order valence-corrected chi connectivity index (χ0v) is 26.2. The lowest BCUT2D eigenvalue weighted by Crippen LogP contribution is -2.56. The molecule has 9 heteroatoms. The molecular formula is C33H48N2O7. The third-order valence-electron chi connectivity index (χ3n) is 8.81. The van der Waals surface area contributed by atoms with Gasteiger partial charge in [0.1, 0.15) is 29.2 Å². The van der Waals surface area contributed by atoms with E-state index in [9.17, 15) is 14.4 Å². The van der Waals surface area contributed by atoms with Crippen LogP contribution < -0.4 is 10.6 Å². The highest BCUT2D eigenvalue weighted by atomic mass is 16.6. The van der Waals surface area contributed by atoms with Crippen LogP contribution in [0.25, 0.3) is 0 Å². The number of ether oxygens (including phenoxy) is 4. The number of ketones is 1. The van der Waals surface area contributed by atoms with E-state index in [0.29, 0.717) is 31.6 Å². The number of carbonyl (C=O) groups excluding carboxylic acids is 3. The predicted octanol–water partition coefficient (Wildman–Crippen LogP) is 5.71. The molecule has 0 radical (unpaired) electrons. The smallest absolute Gasteiger partial charge is 0.407 e. The summed E-state index contributed by atoms with van der Waals surface area (Å²) in [4.78, 5) is 37.1. The van der Waals surface area contributed by atoms with Crippen molar-refractivity contribution in [3.8, 4) is 0 Å². The van der Waals surface area contributed by atoms with Crippen LogP contribution in [0, 0.1) is 11.3 Å². The summed E-state index contributed by atoms with van der Waals surface area (Å²) in [5, 5.41) is 5.70. The largest absolute Gasteiger partial charge is 0.443 e. The maximum atomic E-state index is 12.8. The van der Waals surface area contributed by atoms with Gasteiger partial charge in [0, 0.05) is 37.6 Å². The van der Waals surface area contributed by atoms with E-state index in [4.69, 9.17) is 18.9 Å². The molecule has 6 atom stereocenters. The van der Waals surface area contributed by atoms with Crippen molar-refractivity contribution in [3.05, 3.63) is 41.5 Å². The monoisotopic (exact) mass is 584 g/mol. The molecule has 2 amide bonds.